The molecule has 1 N–H and O–H groups in total. The molecule has 2 amide bonds. The lowest BCUT2D eigenvalue weighted by atomic mass is 9.98. The number of piperazine rings is 1. The van der Waals surface area contributed by atoms with Crippen LogP contribution in [0.15, 0.2) is 30.3 Å². The van der Waals surface area contributed by atoms with Crippen LogP contribution in [0.4, 0.5) is 4.39 Å². The molecule has 1 saturated heterocycles. The number of rotatable bonds is 4. The number of nitrogens with zero attached hydrogens (tertiary/aromatic N) is 1. The van der Waals surface area contributed by atoms with E-state index in [0.717, 1.165) is 18.4 Å². The lowest BCUT2D eigenvalue weighted by Gasteiger charge is -2.38. The zero-order valence-electron chi connectivity index (χ0n) is 11.1. The van der Waals surface area contributed by atoms with Crippen molar-refractivity contribution in [2.75, 3.05) is 13.2 Å². The first kappa shape index (κ1) is 13.1. The minimum atomic E-state index is -0.690. The molecule has 1 aromatic carbocycles. The van der Waals surface area contributed by atoms with E-state index in [9.17, 15) is 14.0 Å². The molecule has 3 rings (SSSR count). The minimum Gasteiger partial charge on any atom is -0.339 e. The maximum atomic E-state index is 12.7. The molecule has 1 saturated carbocycles. The summed E-state index contributed by atoms with van der Waals surface area (Å²) in [6, 6.07) is 7.92. The van der Waals surface area contributed by atoms with Crippen molar-refractivity contribution in [2.45, 2.75) is 24.9 Å². The van der Waals surface area contributed by atoms with E-state index in [1.54, 1.807) is 12.1 Å². The molecule has 2 unspecified atom stereocenters. The Balaban J connectivity index is 1.88. The largest absolute Gasteiger partial charge is 0.339 e. The lowest BCUT2D eigenvalue weighted by Crippen LogP contribution is -2.60. The van der Waals surface area contributed by atoms with E-state index in [4.69, 9.17) is 0 Å². The van der Waals surface area contributed by atoms with Gasteiger partial charge in [-0.2, -0.15) is 0 Å². The molecule has 1 aliphatic carbocycles. The number of halogens is 1. The van der Waals surface area contributed by atoms with Crippen LogP contribution in [-0.2, 0) is 9.59 Å². The smallest absolute Gasteiger partial charge is 0.250 e. The quantitative estimate of drug-likeness (QED) is 0.904. The van der Waals surface area contributed by atoms with Gasteiger partial charge in [-0.3, -0.25) is 9.59 Å². The first-order chi connectivity index (χ1) is 9.72. The fourth-order valence-electron chi connectivity index (χ4n) is 2.83. The second-order valence-corrected chi connectivity index (χ2v) is 5.36. The predicted octanol–water partition coefficient (Wildman–Crippen LogP) is 1.43. The summed E-state index contributed by atoms with van der Waals surface area (Å²) < 4.78 is 12.7. The molecule has 0 spiro atoms. The minimum absolute atomic E-state index is 0.00322. The Bertz CT molecular complexity index is 516. The molecule has 1 aliphatic heterocycles. The Morgan fingerprint density at radius 2 is 1.90 bits per heavy atom. The third-order valence-electron chi connectivity index (χ3n) is 3.95. The Hall–Kier alpha value is -1.91. The van der Waals surface area contributed by atoms with Crippen LogP contribution in [0, 0.1) is 5.92 Å². The lowest BCUT2D eigenvalue weighted by molar-refractivity contribution is -0.150. The van der Waals surface area contributed by atoms with Gasteiger partial charge in [-0.1, -0.05) is 30.3 Å². The third kappa shape index (κ3) is 2.28. The summed E-state index contributed by atoms with van der Waals surface area (Å²) in [5.41, 5.74) is 0.740. The Morgan fingerprint density at radius 1 is 1.20 bits per heavy atom. The summed E-state index contributed by atoms with van der Waals surface area (Å²) in [5, 5.41) is 2.79. The standard InChI is InChI=1S/C15H17FN2O2/c16-8-9-18-13(11-6-7-11)14(19)17-12(15(18)20)10-4-2-1-3-5-10/h1-5,11-13H,6-9H2,(H,17,19). The van der Waals surface area contributed by atoms with Crippen molar-refractivity contribution in [1.29, 1.82) is 0 Å². The van der Waals surface area contributed by atoms with Crippen molar-refractivity contribution in [2.24, 2.45) is 5.92 Å². The van der Waals surface area contributed by atoms with E-state index in [1.807, 2.05) is 18.2 Å². The fourth-order valence-corrected chi connectivity index (χ4v) is 2.83. The molecule has 0 bridgehead atoms. The highest BCUT2D eigenvalue weighted by Gasteiger charge is 2.47. The van der Waals surface area contributed by atoms with E-state index in [0.29, 0.717) is 0 Å². The molecule has 4 nitrogen and oxygen atoms in total. The van der Waals surface area contributed by atoms with Crippen molar-refractivity contribution < 1.29 is 14.0 Å². The Labute approximate surface area is 117 Å². The number of hydrogen-bond donors (Lipinski definition) is 1. The van der Waals surface area contributed by atoms with Crippen molar-refractivity contribution >= 4 is 11.8 Å². The van der Waals surface area contributed by atoms with Gasteiger partial charge in [0.1, 0.15) is 18.8 Å². The Morgan fingerprint density at radius 3 is 2.50 bits per heavy atom. The molecule has 0 radical (unpaired) electrons. The average molecular weight is 276 g/mol. The molecule has 5 heteroatoms. The molecule has 2 aliphatic rings. The number of nitrogens with one attached hydrogen (secondary N) is 1. The summed E-state index contributed by atoms with van der Waals surface area (Å²) in [6.45, 7) is -0.625. The number of carbonyl (C=O) groups is 2. The van der Waals surface area contributed by atoms with Gasteiger partial charge in [0.25, 0.3) is 5.91 Å². The van der Waals surface area contributed by atoms with Crippen LogP contribution >= 0.6 is 0 Å². The van der Waals surface area contributed by atoms with Crippen LogP contribution in [0.1, 0.15) is 24.4 Å². The van der Waals surface area contributed by atoms with Crippen molar-refractivity contribution in [1.82, 2.24) is 10.2 Å². The first-order valence-electron chi connectivity index (χ1n) is 6.94. The van der Waals surface area contributed by atoms with E-state index in [2.05, 4.69) is 5.32 Å². The van der Waals surface area contributed by atoms with Gasteiger partial charge in [0.15, 0.2) is 0 Å². The molecule has 0 aromatic heterocycles. The van der Waals surface area contributed by atoms with E-state index >= 15 is 0 Å². The van der Waals surface area contributed by atoms with Crippen LogP contribution in [0.3, 0.4) is 0 Å². The van der Waals surface area contributed by atoms with Crippen molar-refractivity contribution in [3.8, 4) is 0 Å². The van der Waals surface area contributed by atoms with E-state index in [1.165, 1.54) is 4.90 Å². The molecule has 20 heavy (non-hydrogen) atoms. The molecule has 1 heterocycles. The number of carbonyl (C=O) groups excluding carboxylic acids is 2. The topological polar surface area (TPSA) is 49.4 Å². The van der Waals surface area contributed by atoms with Crippen LogP contribution in [0.5, 0.6) is 0 Å². The zero-order chi connectivity index (χ0) is 14.1. The van der Waals surface area contributed by atoms with Gasteiger partial charge < -0.3 is 10.2 Å². The fraction of sp³-hybridized carbons (Fsp3) is 0.467. The average Bonchev–Trinajstić information content (AvgIpc) is 3.28. The third-order valence-corrected chi connectivity index (χ3v) is 3.95. The number of hydrogen-bond acceptors (Lipinski definition) is 2. The van der Waals surface area contributed by atoms with Crippen LogP contribution in [0.2, 0.25) is 0 Å². The highest BCUT2D eigenvalue weighted by Crippen LogP contribution is 2.38. The normalized spacial score (nSPS) is 26.6. The van der Waals surface area contributed by atoms with Gasteiger partial charge in [0.05, 0.1) is 0 Å². The highest BCUT2D eigenvalue weighted by molar-refractivity contribution is 5.97. The maximum Gasteiger partial charge on any atom is 0.250 e. The van der Waals surface area contributed by atoms with Crippen LogP contribution in [-0.4, -0.2) is 36.0 Å². The summed E-state index contributed by atoms with van der Waals surface area (Å²) >= 11 is 0. The first-order valence-corrected chi connectivity index (χ1v) is 6.94. The number of benzene rings is 1. The number of alkyl halides is 1. The molecule has 1 aromatic rings. The molecule has 2 atom stereocenters. The van der Waals surface area contributed by atoms with E-state index < -0.39 is 18.8 Å². The molecule has 2 fully saturated rings. The van der Waals surface area contributed by atoms with Gasteiger partial charge in [0.2, 0.25) is 5.91 Å². The Kier molecular flexibility index (Phi) is 3.42. The van der Waals surface area contributed by atoms with E-state index in [-0.39, 0.29) is 24.3 Å². The van der Waals surface area contributed by atoms with Gasteiger partial charge >= 0.3 is 0 Å². The predicted molar refractivity (Wildman–Crippen MR) is 71.5 cm³/mol. The number of amides is 2. The maximum absolute atomic E-state index is 12.7. The second-order valence-electron chi connectivity index (χ2n) is 5.36. The van der Waals surface area contributed by atoms with Gasteiger partial charge in [-0.05, 0) is 24.3 Å². The summed E-state index contributed by atoms with van der Waals surface area (Å²) in [5.74, 6) is -0.165. The summed E-state index contributed by atoms with van der Waals surface area (Å²) in [7, 11) is 0. The summed E-state index contributed by atoms with van der Waals surface area (Å²) in [6.07, 6.45) is 1.87. The molecular weight excluding hydrogens is 259 g/mol. The monoisotopic (exact) mass is 276 g/mol. The SMILES string of the molecule is O=C1NC(c2ccccc2)C(=O)N(CCF)C1C1CC1. The van der Waals surface area contributed by atoms with Crippen LogP contribution in [0.25, 0.3) is 0 Å². The summed E-state index contributed by atoms with van der Waals surface area (Å²) in [4.78, 5) is 26.2. The zero-order valence-corrected chi connectivity index (χ0v) is 11.1. The van der Waals surface area contributed by atoms with Gasteiger partial charge in [0, 0.05) is 6.54 Å². The van der Waals surface area contributed by atoms with Crippen molar-refractivity contribution in [3.63, 3.8) is 0 Å². The van der Waals surface area contributed by atoms with Gasteiger partial charge in [-0.25, -0.2) is 4.39 Å². The molecule has 106 valence electrons. The molecular formula is C15H17FN2O2. The second kappa shape index (κ2) is 5.23. The van der Waals surface area contributed by atoms with Crippen molar-refractivity contribution in [3.05, 3.63) is 35.9 Å². The highest BCUT2D eigenvalue weighted by atomic mass is 19.1. The van der Waals surface area contributed by atoms with Crippen LogP contribution < -0.4 is 5.32 Å². The van der Waals surface area contributed by atoms with Gasteiger partial charge in [-0.15, -0.1) is 0 Å².